The first-order valence-electron chi connectivity index (χ1n) is 9.85. The van der Waals surface area contributed by atoms with E-state index in [0.717, 1.165) is 28.8 Å². The molecule has 1 aromatic carbocycles. The van der Waals surface area contributed by atoms with Crippen LogP contribution in [-0.4, -0.2) is 58.2 Å². The van der Waals surface area contributed by atoms with Gasteiger partial charge in [-0.05, 0) is 13.5 Å². The molecule has 0 aliphatic carbocycles. The van der Waals surface area contributed by atoms with Gasteiger partial charge in [-0.25, -0.2) is 9.97 Å². The van der Waals surface area contributed by atoms with Gasteiger partial charge in [-0.1, -0.05) is 24.3 Å². The summed E-state index contributed by atoms with van der Waals surface area (Å²) in [7, 11) is 1.90. The third kappa shape index (κ3) is 3.43. The van der Waals surface area contributed by atoms with E-state index in [0.29, 0.717) is 31.6 Å². The summed E-state index contributed by atoms with van der Waals surface area (Å²) < 4.78 is 5.45. The fourth-order valence-electron chi connectivity index (χ4n) is 3.75. The number of rotatable bonds is 4. The molecule has 0 spiro atoms. The Balaban J connectivity index is 1.36. The van der Waals surface area contributed by atoms with Crippen LogP contribution in [0.15, 0.2) is 46.1 Å². The Labute approximate surface area is 173 Å². The number of likely N-dealkylation sites (tertiary alicyclic amines) is 1. The van der Waals surface area contributed by atoms with Gasteiger partial charge in [0.25, 0.3) is 5.91 Å². The summed E-state index contributed by atoms with van der Waals surface area (Å²) in [5.74, 6) is 0.209. The van der Waals surface area contributed by atoms with Crippen molar-refractivity contribution >= 4 is 24.1 Å². The maximum absolute atomic E-state index is 12.6. The minimum Gasteiger partial charge on any atom is -0.431 e. The molecule has 2 aliphatic rings. The smallest absolute Gasteiger partial charge is 0.302 e. The summed E-state index contributed by atoms with van der Waals surface area (Å²) in [6.07, 6.45) is 5.90. The van der Waals surface area contributed by atoms with E-state index in [-0.39, 0.29) is 17.6 Å². The minimum atomic E-state index is -0.140. The highest BCUT2D eigenvalue weighted by atomic mass is 16.4. The molecule has 30 heavy (non-hydrogen) atoms. The van der Waals surface area contributed by atoms with Gasteiger partial charge in [0.2, 0.25) is 5.95 Å². The van der Waals surface area contributed by atoms with E-state index in [1.54, 1.807) is 11.1 Å². The SMILES string of the molecule is CNC1CCN(C(=O)c2coc(Nc3ncc4c(n3)-c3ccccc3C=NC4)n2)C1. The number of nitrogens with one attached hydrogen (secondary N) is 2. The van der Waals surface area contributed by atoms with Crippen molar-refractivity contribution in [3.63, 3.8) is 0 Å². The van der Waals surface area contributed by atoms with Crippen molar-refractivity contribution in [1.82, 2.24) is 25.2 Å². The molecule has 9 heteroatoms. The van der Waals surface area contributed by atoms with E-state index in [1.807, 2.05) is 37.5 Å². The van der Waals surface area contributed by atoms with E-state index in [1.165, 1.54) is 6.26 Å². The van der Waals surface area contributed by atoms with Crippen molar-refractivity contribution < 1.29 is 9.21 Å². The number of hydrogen-bond donors (Lipinski definition) is 2. The predicted octanol–water partition coefficient (Wildman–Crippen LogP) is 2.24. The summed E-state index contributed by atoms with van der Waals surface area (Å²) in [4.78, 5) is 32.1. The highest BCUT2D eigenvalue weighted by Crippen LogP contribution is 2.28. The topological polar surface area (TPSA) is 109 Å². The van der Waals surface area contributed by atoms with Crippen LogP contribution in [0.4, 0.5) is 12.0 Å². The van der Waals surface area contributed by atoms with Crippen LogP contribution in [0.5, 0.6) is 0 Å². The monoisotopic (exact) mass is 403 g/mol. The Hall–Kier alpha value is -3.59. The number of hydrogen-bond acceptors (Lipinski definition) is 8. The number of likely N-dealkylation sites (N-methyl/N-ethyl adjacent to an activating group) is 1. The normalized spacial score (nSPS) is 17.4. The Kier molecular flexibility index (Phi) is 4.72. The first-order chi connectivity index (χ1) is 14.7. The highest BCUT2D eigenvalue weighted by molar-refractivity contribution is 5.93. The largest absolute Gasteiger partial charge is 0.431 e. The molecule has 0 radical (unpaired) electrons. The molecule has 0 saturated carbocycles. The fourth-order valence-corrected chi connectivity index (χ4v) is 3.75. The fraction of sp³-hybridized carbons (Fsp3) is 0.286. The van der Waals surface area contributed by atoms with Crippen LogP contribution in [0.1, 0.15) is 28.0 Å². The van der Waals surface area contributed by atoms with Crippen molar-refractivity contribution in [3.05, 3.63) is 53.5 Å². The molecule has 2 aliphatic heterocycles. The number of aliphatic imine (C=N–C) groups is 1. The third-order valence-corrected chi connectivity index (χ3v) is 5.40. The molecule has 2 aromatic heterocycles. The van der Waals surface area contributed by atoms with Crippen LogP contribution in [0, 0.1) is 0 Å². The summed E-state index contributed by atoms with van der Waals surface area (Å²) >= 11 is 0. The van der Waals surface area contributed by atoms with Crippen molar-refractivity contribution in [2.24, 2.45) is 4.99 Å². The quantitative estimate of drug-likeness (QED) is 0.688. The second-order valence-corrected chi connectivity index (χ2v) is 7.31. The van der Waals surface area contributed by atoms with Gasteiger partial charge in [-0.3, -0.25) is 15.1 Å². The predicted molar refractivity (Wildman–Crippen MR) is 112 cm³/mol. The van der Waals surface area contributed by atoms with Crippen LogP contribution in [0.3, 0.4) is 0 Å². The maximum Gasteiger partial charge on any atom is 0.302 e. The van der Waals surface area contributed by atoms with E-state index in [2.05, 4.69) is 30.6 Å². The Bertz CT molecular complexity index is 1120. The van der Waals surface area contributed by atoms with Crippen LogP contribution < -0.4 is 10.6 Å². The highest BCUT2D eigenvalue weighted by Gasteiger charge is 2.28. The minimum absolute atomic E-state index is 0.140. The molecule has 2 N–H and O–H groups in total. The molecule has 152 valence electrons. The number of oxazole rings is 1. The Morgan fingerprint density at radius 3 is 3.03 bits per heavy atom. The first-order valence-corrected chi connectivity index (χ1v) is 9.85. The number of nitrogens with zero attached hydrogens (tertiary/aromatic N) is 5. The number of anilines is 2. The molecule has 9 nitrogen and oxygen atoms in total. The molecular formula is C21H21N7O2. The van der Waals surface area contributed by atoms with Gasteiger partial charge in [-0.2, -0.15) is 4.98 Å². The molecule has 0 bridgehead atoms. The molecule has 1 unspecified atom stereocenters. The van der Waals surface area contributed by atoms with E-state index < -0.39 is 0 Å². The second-order valence-electron chi connectivity index (χ2n) is 7.31. The van der Waals surface area contributed by atoms with E-state index in [9.17, 15) is 4.79 Å². The van der Waals surface area contributed by atoms with Crippen LogP contribution >= 0.6 is 0 Å². The van der Waals surface area contributed by atoms with Gasteiger partial charge in [0.05, 0.1) is 12.2 Å². The summed E-state index contributed by atoms with van der Waals surface area (Å²) in [6.45, 7) is 1.89. The molecule has 1 saturated heterocycles. The zero-order valence-corrected chi connectivity index (χ0v) is 16.5. The number of fused-ring (bicyclic) bond motifs is 3. The van der Waals surface area contributed by atoms with Gasteiger partial charge in [0.1, 0.15) is 6.26 Å². The second kappa shape index (κ2) is 7.68. The number of aromatic nitrogens is 3. The van der Waals surface area contributed by atoms with Crippen LogP contribution in [-0.2, 0) is 6.54 Å². The standard InChI is InChI=1S/C21H21N7O2/c1-22-15-6-7-28(11-15)19(29)17-12-30-21(25-17)27-20-24-10-14-9-23-8-13-4-2-3-5-16(13)18(14)26-20/h2-5,8,10,12,15,22H,6-7,9,11H2,1H3,(H,24,25,26,27). The zero-order chi connectivity index (χ0) is 20.5. The van der Waals surface area contributed by atoms with Crippen molar-refractivity contribution in [3.8, 4) is 11.3 Å². The summed E-state index contributed by atoms with van der Waals surface area (Å²) in [6, 6.07) is 8.46. The average Bonchev–Trinajstić information content (AvgIpc) is 3.40. The molecular weight excluding hydrogens is 382 g/mol. The van der Waals surface area contributed by atoms with Crippen molar-refractivity contribution in [1.29, 1.82) is 0 Å². The summed E-state index contributed by atoms with van der Waals surface area (Å²) in [5.41, 5.74) is 4.03. The summed E-state index contributed by atoms with van der Waals surface area (Å²) in [5, 5.41) is 6.17. The number of benzene rings is 1. The van der Waals surface area contributed by atoms with E-state index in [4.69, 9.17) is 4.42 Å². The third-order valence-electron chi connectivity index (χ3n) is 5.40. The number of carbonyl (C=O) groups is 1. The number of amides is 1. The van der Waals surface area contributed by atoms with E-state index >= 15 is 0 Å². The van der Waals surface area contributed by atoms with Crippen LogP contribution in [0.2, 0.25) is 0 Å². The molecule has 1 amide bonds. The Morgan fingerprint density at radius 2 is 2.17 bits per heavy atom. The van der Waals surface area contributed by atoms with Gasteiger partial charge in [0.15, 0.2) is 5.69 Å². The van der Waals surface area contributed by atoms with Crippen molar-refractivity contribution in [2.45, 2.75) is 19.0 Å². The zero-order valence-electron chi connectivity index (χ0n) is 16.5. The Morgan fingerprint density at radius 1 is 1.27 bits per heavy atom. The van der Waals surface area contributed by atoms with Crippen molar-refractivity contribution in [2.75, 3.05) is 25.5 Å². The molecule has 1 fully saturated rings. The number of carbonyl (C=O) groups excluding carboxylic acids is 1. The average molecular weight is 403 g/mol. The van der Waals surface area contributed by atoms with Gasteiger partial charge in [0, 0.05) is 48.2 Å². The lowest BCUT2D eigenvalue weighted by atomic mass is 10.0. The lowest BCUT2D eigenvalue weighted by Gasteiger charge is -2.14. The maximum atomic E-state index is 12.6. The van der Waals surface area contributed by atoms with Gasteiger partial charge < -0.3 is 14.6 Å². The molecule has 4 heterocycles. The molecule has 5 rings (SSSR count). The lowest BCUT2D eigenvalue weighted by Crippen LogP contribution is -2.33. The van der Waals surface area contributed by atoms with Crippen LogP contribution in [0.25, 0.3) is 11.3 Å². The van der Waals surface area contributed by atoms with Gasteiger partial charge >= 0.3 is 6.01 Å². The molecule has 3 aromatic rings. The lowest BCUT2D eigenvalue weighted by molar-refractivity contribution is 0.0784. The first kappa shape index (κ1) is 18.4. The molecule has 1 atom stereocenters. The van der Waals surface area contributed by atoms with Gasteiger partial charge in [-0.15, -0.1) is 0 Å².